The second-order valence-electron chi connectivity index (χ2n) is 8.35. The van der Waals surface area contributed by atoms with E-state index in [4.69, 9.17) is 0 Å². The zero-order chi connectivity index (χ0) is 18.7. The molecule has 2 aliphatic rings. The van der Waals surface area contributed by atoms with E-state index in [-0.39, 0.29) is 23.8 Å². The maximum atomic E-state index is 12.8. The van der Waals surface area contributed by atoms with Gasteiger partial charge in [0.1, 0.15) is 12.1 Å². The molecule has 2 fully saturated rings. The predicted molar refractivity (Wildman–Crippen MR) is 95.9 cm³/mol. The number of urea groups is 1. The summed E-state index contributed by atoms with van der Waals surface area (Å²) in [4.78, 5) is 38.1. The van der Waals surface area contributed by atoms with Crippen LogP contribution in [0.25, 0.3) is 0 Å². The van der Waals surface area contributed by atoms with Gasteiger partial charge in [-0.05, 0) is 57.0 Å². The quantitative estimate of drug-likeness (QED) is 0.495. The molecule has 1 aliphatic heterocycles. The summed E-state index contributed by atoms with van der Waals surface area (Å²) in [6.07, 6.45) is 3.94. The highest BCUT2D eigenvalue weighted by Crippen LogP contribution is 2.43. The summed E-state index contributed by atoms with van der Waals surface area (Å²) in [5.74, 6) is 0.0163. The summed E-state index contributed by atoms with van der Waals surface area (Å²) in [5.41, 5.74) is -0.592. The van der Waals surface area contributed by atoms with E-state index < -0.39 is 11.6 Å². The molecule has 7 nitrogen and oxygen atoms in total. The average molecular weight is 352 g/mol. The molecular formula is C18H32N4O3. The topological polar surface area (TPSA) is 90.5 Å². The third kappa shape index (κ3) is 4.51. The Morgan fingerprint density at radius 3 is 2.44 bits per heavy atom. The van der Waals surface area contributed by atoms with E-state index in [1.807, 2.05) is 7.05 Å². The molecule has 1 saturated carbocycles. The number of rotatable bonds is 6. The molecule has 7 heteroatoms. The molecule has 0 aromatic heterocycles. The first-order chi connectivity index (χ1) is 11.7. The van der Waals surface area contributed by atoms with Crippen molar-refractivity contribution < 1.29 is 14.4 Å². The van der Waals surface area contributed by atoms with Crippen LogP contribution in [0.3, 0.4) is 0 Å². The maximum Gasteiger partial charge on any atom is 0.325 e. The van der Waals surface area contributed by atoms with Crippen LogP contribution >= 0.6 is 0 Å². The predicted octanol–water partition coefficient (Wildman–Crippen LogP) is 1.24. The van der Waals surface area contributed by atoms with Gasteiger partial charge in [0.05, 0.1) is 0 Å². The first kappa shape index (κ1) is 19.7. The Labute approximate surface area is 150 Å². The second-order valence-corrected chi connectivity index (χ2v) is 8.35. The number of amides is 4. The van der Waals surface area contributed by atoms with Gasteiger partial charge in [-0.1, -0.05) is 20.8 Å². The van der Waals surface area contributed by atoms with Gasteiger partial charge in [0, 0.05) is 6.54 Å². The van der Waals surface area contributed by atoms with Crippen molar-refractivity contribution in [1.29, 1.82) is 0 Å². The van der Waals surface area contributed by atoms with E-state index in [0.717, 1.165) is 30.7 Å². The molecule has 142 valence electrons. The number of hydrogen-bond donors (Lipinski definition) is 3. The van der Waals surface area contributed by atoms with Gasteiger partial charge in [0.15, 0.2) is 0 Å². The summed E-state index contributed by atoms with van der Waals surface area (Å²) in [7, 11) is 1.85. The van der Waals surface area contributed by atoms with Crippen LogP contribution in [-0.4, -0.2) is 55.0 Å². The zero-order valence-corrected chi connectivity index (χ0v) is 15.9. The minimum Gasteiger partial charge on any atom is -0.354 e. The number of nitrogens with zero attached hydrogens (tertiary/aromatic N) is 1. The number of nitrogens with one attached hydrogen (secondary N) is 3. The fourth-order valence-corrected chi connectivity index (χ4v) is 3.83. The van der Waals surface area contributed by atoms with Crippen LogP contribution in [0.2, 0.25) is 0 Å². The van der Waals surface area contributed by atoms with E-state index in [0.29, 0.717) is 25.3 Å². The normalized spacial score (nSPS) is 26.9. The summed E-state index contributed by atoms with van der Waals surface area (Å²) < 4.78 is 0. The van der Waals surface area contributed by atoms with Gasteiger partial charge in [0.25, 0.3) is 5.91 Å². The standard InChI is InChI=1S/C18H32N4O3/c1-17(2,3)13-6-8-18(9-7-13)15(24)22(16(25)21-18)12-14(23)20-11-5-10-19-4/h13,19H,5-12H2,1-4H3,(H,20,23)(H,21,25). The smallest absolute Gasteiger partial charge is 0.325 e. The molecule has 3 N–H and O–H groups in total. The van der Waals surface area contributed by atoms with Crippen molar-refractivity contribution in [3.05, 3.63) is 0 Å². The monoisotopic (exact) mass is 352 g/mol. The molecule has 2 rings (SSSR count). The summed E-state index contributed by atoms with van der Waals surface area (Å²) in [6, 6.07) is -0.440. The lowest BCUT2D eigenvalue weighted by Gasteiger charge is -2.40. The fourth-order valence-electron chi connectivity index (χ4n) is 3.83. The Bertz CT molecular complexity index is 519. The molecule has 1 aliphatic carbocycles. The first-order valence-electron chi connectivity index (χ1n) is 9.25. The van der Waals surface area contributed by atoms with Crippen LogP contribution in [0, 0.1) is 11.3 Å². The van der Waals surface area contributed by atoms with E-state index in [2.05, 4.69) is 36.7 Å². The van der Waals surface area contributed by atoms with Gasteiger partial charge in [-0.25, -0.2) is 4.79 Å². The molecule has 1 heterocycles. The van der Waals surface area contributed by atoms with Crippen molar-refractivity contribution >= 4 is 17.8 Å². The van der Waals surface area contributed by atoms with Crippen molar-refractivity contribution in [2.45, 2.75) is 58.4 Å². The Kier molecular flexibility index (Phi) is 6.08. The van der Waals surface area contributed by atoms with E-state index >= 15 is 0 Å². The summed E-state index contributed by atoms with van der Waals surface area (Å²) in [5, 5.41) is 8.62. The molecule has 0 unspecified atom stereocenters. The minimum absolute atomic E-state index is 0.200. The van der Waals surface area contributed by atoms with Gasteiger partial charge >= 0.3 is 6.03 Å². The third-order valence-corrected chi connectivity index (χ3v) is 5.54. The van der Waals surface area contributed by atoms with Crippen LogP contribution in [-0.2, 0) is 9.59 Å². The largest absolute Gasteiger partial charge is 0.354 e. The van der Waals surface area contributed by atoms with Gasteiger partial charge in [-0.3, -0.25) is 14.5 Å². The number of carbonyl (C=O) groups is 3. The number of imide groups is 1. The highest BCUT2D eigenvalue weighted by molar-refractivity contribution is 6.09. The van der Waals surface area contributed by atoms with Crippen LogP contribution in [0.4, 0.5) is 4.79 Å². The van der Waals surface area contributed by atoms with E-state index in [9.17, 15) is 14.4 Å². The number of hydrogen-bond acceptors (Lipinski definition) is 4. The molecule has 0 radical (unpaired) electrons. The lowest BCUT2D eigenvalue weighted by Crippen LogP contribution is -2.51. The van der Waals surface area contributed by atoms with Gasteiger partial charge < -0.3 is 16.0 Å². The Morgan fingerprint density at radius 2 is 1.88 bits per heavy atom. The molecular weight excluding hydrogens is 320 g/mol. The fraction of sp³-hybridized carbons (Fsp3) is 0.833. The van der Waals surface area contributed by atoms with Crippen LogP contribution in [0.5, 0.6) is 0 Å². The molecule has 0 bridgehead atoms. The zero-order valence-electron chi connectivity index (χ0n) is 15.9. The first-order valence-corrected chi connectivity index (χ1v) is 9.25. The molecule has 1 spiro atoms. The van der Waals surface area contributed by atoms with Crippen molar-refractivity contribution in [2.24, 2.45) is 11.3 Å². The third-order valence-electron chi connectivity index (χ3n) is 5.54. The molecule has 4 amide bonds. The van der Waals surface area contributed by atoms with E-state index in [1.54, 1.807) is 0 Å². The Balaban J connectivity index is 1.91. The van der Waals surface area contributed by atoms with E-state index in [1.165, 1.54) is 0 Å². The summed E-state index contributed by atoms with van der Waals surface area (Å²) in [6.45, 7) is 7.79. The number of carbonyl (C=O) groups excluding carboxylic acids is 3. The molecule has 25 heavy (non-hydrogen) atoms. The summed E-state index contributed by atoms with van der Waals surface area (Å²) >= 11 is 0. The minimum atomic E-state index is -0.800. The molecule has 0 aromatic carbocycles. The van der Waals surface area contributed by atoms with Gasteiger partial charge in [-0.2, -0.15) is 0 Å². The highest BCUT2D eigenvalue weighted by Gasteiger charge is 2.53. The van der Waals surface area contributed by atoms with Crippen LogP contribution in [0.1, 0.15) is 52.9 Å². The van der Waals surface area contributed by atoms with Crippen molar-refractivity contribution in [1.82, 2.24) is 20.9 Å². The van der Waals surface area contributed by atoms with Crippen molar-refractivity contribution in [3.8, 4) is 0 Å². The van der Waals surface area contributed by atoms with Crippen LogP contribution in [0.15, 0.2) is 0 Å². The lowest BCUT2D eigenvalue weighted by molar-refractivity contribution is -0.136. The van der Waals surface area contributed by atoms with Crippen LogP contribution < -0.4 is 16.0 Å². The van der Waals surface area contributed by atoms with Crippen molar-refractivity contribution in [2.75, 3.05) is 26.7 Å². The molecule has 0 aromatic rings. The SMILES string of the molecule is CNCCCNC(=O)CN1C(=O)NC2(CCC(C(C)(C)C)CC2)C1=O. The average Bonchev–Trinajstić information content (AvgIpc) is 2.75. The molecule has 0 atom stereocenters. The lowest BCUT2D eigenvalue weighted by atomic mass is 9.67. The highest BCUT2D eigenvalue weighted by atomic mass is 16.2. The maximum absolute atomic E-state index is 12.8. The van der Waals surface area contributed by atoms with Gasteiger partial charge in [-0.15, -0.1) is 0 Å². The molecule has 1 saturated heterocycles. The second kappa shape index (κ2) is 7.72. The Hall–Kier alpha value is -1.63. The van der Waals surface area contributed by atoms with Gasteiger partial charge in [0.2, 0.25) is 5.91 Å². The van der Waals surface area contributed by atoms with Crippen molar-refractivity contribution in [3.63, 3.8) is 0 Å². The Morgan fingerprint density at radius 1 is 1.24 bits per heavy atom.